The lowest BCUT2D eigenvalue weighted by molar-refractivity contribution is -0.141. The Balaban J connectivity index is 2.23. The molecule has 0 bridgehead atoms. The molecule has 0 aliphatic carbocycles. The summed E-state index contributed by atoms with van der Waals surface area (Å²) in [5, 5.41) is 2.96. The standard InChI is InChI=1S/C28H41N3O4S/c1-20-11-9-12-24(17-20)19-30(23(4)27(33)29-28(5,6)7)26(32)13-10-16-31(36(8,34)35)25-18-21(2)14-15-22(25)3/h9,11-12,14-15,17-18,23H,10,13,16,19H2,1-8H3,(H,29,33). The molecule has 0 saturated carbocycles. The second-order valence-electron chi connectivity index (χ2n) is 10.7. The molecule has 2 amide bonds. The molecule has 0 aromatic heterocycles. The first-order chi connectivity index (χ1) is 16.6. The first kappa shape index (κ1) is 29.4. The molecule has 0 fully saturated rings. The summed E-state index contributed by atoms with van der Waals surface area (Å²) in [6.45, 7) is 13.7. The average Bonchev–Trinajstić information content (AvgIpc) is 2.74. The van der Waals surface area contributed by atoms with E-state index in [4.69, 9.17) is 0 Å². The highest BCUT2D eigenvalue weighted by molar-refractivity contribution is 7.92. The lowest BCUT2D eigenvalue weighted by Crippen LogP contribution is -2.52. The van der Waals surface area contributed by atoms with Crippen LogP contribution in [0.5, 0.6) is 0 Å². The highest BCUT2D eigenvalue weighted by atomic mass is 32.2. The summed E-state index contributed by atoms with van der Waals surface area (Å²) in [5.74, 6) is -0.417. The molecule has 0 aliphatic rings. The first-order valence-corrected chi connectivity index (χ1v) is 14.2. The Labute approximate surface area is 216 Å². The van der Waals surface area contributed by atoms with E-state index >= 15 is 0 Å². The van der Waals surface area contributed by atoms with E-state index in [9.17, 15) is 18.0 Å². The Kier molecular flexibility index (Phi) is 9.71. The number of hydrogen-bond acceptors (Lipinski definition) is 4. The fourth-order valence-corrected chi connectivity index (χ4v) is 5.05. The topological polar surface area (TPSA) is 86.8 Å². The van der Waals surface area contributed by atoms with Crippen molar-refractivity contribution in [3.63, 3.8) is 0 Å². The van der Waals surface area contributed by atoms with Gasteiger partial charge in [-0.1, -0.05) is 42.0 Å². The second-order valence-corrected chi connectivity index (χ2v) is 12.6. The Morgan fingerprint density at radius 1 is 1.00 bits per heavy atom. The van der Waals surface area contributed by atoms with E-state index in [0.717, 1.165) is 22.3 Å². The minimum Gasteiger partial charge on any atom is -0.350 e. The zero-order valence-electron chi connectivity index (χ0n) is 22.9. The van der Waals surface area contributed by atoms with E-state index in [-0.39, 0.29) is 24.8 Å². The van der Waals surface area contributed by atoms with Crippen molar-refractivity contribution >= 4 is 27.5 Å². The third-order valence-electron chi connectivity index (χ3n) is 5.89. The van der Waals surface area contributed by atoms with E-state index < -0.39 is 21.6 Å². The van der Waals surface area contributed by atoms with Crippen molar-refractivity contribution in [2.24, 2.45) is 0 Å². The molecule has 1 N–H and O–H groups in total. The predicted molar refractivity (Wildman–Crippen MR) is 146 cm³/mol. The van der Waals surface area contributed by atoms with Crippen LogP contribution in [0, 0.1) is 20.8 Å². The van der Waals surface area contributed by atoms with E-state index in [1.165, 1.54) is 10.6 Å². The number of amides is 2. The van der Waals surface area contributed by atoms with Gasteiger partial charge in [0.25, 0.3) is 0 Å². The lowest BCUT2D eigenvalue weighted by Gasteiger charge is -2.32. The molecular formula is C28H41N3O4S. The molecule has 8 heteroatoms. The van der Waals surface area contributed by atoms with Crippen LogP contribution in [0.2, 0.25) is 0 Å². The van der Waals surface area contributed by atoms with Crippen LogP contribution in [0.3, 0.4) is 0 Å². The molecule has 36 heavy (non-hydrogen) atoms. The summed E-state index contributed by atoms with van der Waals surface area (Å²) in [4.78, 5) is 27.9. The maximum Gasteiger partial charge on any atom is 0.242 e. The van der Waals surface area contributed by atoms with Gasteiger partial charge in [0, 0.05) is 25.0 Å². The third kappa shape index (κ3) is 8.66. The van der Waals surface area contributed by atoms with E-state index in [2.05, 4.69) is 5.32 Å². The number of carbonyl (C=O) groups is 2. The Morgan fingerprint density at radius 2 is 1.64 bits per heavy atom. The van der Waals surface area contributed by atoms with Crippen LogP contribution in [0.15, 0.2) is 42.5 Å². The van der Waals surface area contributed by atoms with Crippen LogP contribution in [0.4, 0.5) is 5.69 Å². The SMILES string of the molecule is Cc1cccc(CN(C(=O)CCCN(c2cc(C)ccc2C)S(C)(=O)=O)C(C)C(=O)NC(C)(C)C)c1. The summed E-state index contributed by atoms with van der Waals surface area (Å²) < 4.78 is 26.5. The molecule has 2 rings (SSSR count). The number of sulfonamides is 1. The van der Waals surface area contributed by atoms with Gasteiger partial charge in [-0.3, -0.25) is 13.9 Å². The second kappa shape index (κ2) is 11.9. The van der Waals surface area contributed by atoms with Crippen LogP contribution in [-0.2, 0) is 26.2 Å². The van der Waals surface area contributed by atoms with Crippen LogP contribution in [0.25, 0.3) is 0 Å². The van der Waals surface area contributed by atoms with Crippen LogP contribution in [0.1, 0.15) is 62.8 Å². The van der Waals surface area contributed by atoms with E-state index in [0.29, 0.717) is 18.7 Å². The highest BCUT2D eigenvalue weighted by Crippen LogP contribution is 2.25. The molecule has 0 aliphatic heterocycles. The van der Waals surface area contributed by atoms with E-state index in [1.54, 1.807) is 11.8 Å². The molecular weight excluding hydrogens is 474 g/mol. The van der Waals surface area contributed by atoms with Gasteiger partial charge in [-0.15, -0.1) is 0 Å². The number of hydrogen-bond donors (Lipinski definition) is 1. The summed E-state index contributed by atoms with van der Waals surface area (Å²) in [6, 6.07) is 12.9. The van der Waals surface area contributed by atoms with Crippen LogP contribution in [-0.4, -0.2) is 49.5 Å². The van der Waals surface area contributed by atoms with Crippen molar-refractivity contribution in [2.75, 3.05) is 17.1 Å². The third-order valence-corrected chi connectivity index (χ3v) is 7.07. The maximum absolute atomic E-state index is 13.4. The number of aryl methyl sites for hydroxylation is 3. The molecule has 0 saturated heterocycles. The minimum atomic E-state index is -3.53. The molecule has 7 nitrogen and oxygen atoms in total. The van der Waals surface area contributed by atoms with Crippen molar-refractivity contribution in [1.82, 2.24) is 10.2 Å². The van der Waals surface area contributed by atoms with Gasteiger partial charge in [0.15, 0.2) is 0 Å². The number of rotatable bonds is 10. The normalized spacial score (nSPS) is 12.7. The zero-order valence-corrected chi connectivity index (χ0v) is 23.7. The smallest absolute Gasteiger partial charge is 0.242 e. The Bertz CT molecular complexity index is 1190. The minimum absolute atomic E-state index is 0.121. The van der Waals surface area contributed by atoms with E-state index in [1.807, 2.05) is 84.0 Å². The van der Waals surface area contributed by atoms with Gasteiger partial charge >= 0.3 is 0 Å². The zero-order chi connectivity index (χ0) is 27.3. The largest absolute Gasteiger partial charge is 0.350 e. The predicted octanol–water partition coefficient (Wildman–Crippen LogP) is 4.49. The Hall–Kier alpha value is -2.87. The summed E-state index contributed by atoms with van der Waals surface area (Å²) in [5.41, 5.74) is 4.02. The van der Waals surface area contributed by atoms with Crippen molar-refractivity contribution in [3.05, 3.63) is 64.7 Å². The lowest BCUT2D eigenvalue weighted by atomic mass is 10.1. The average molecular weight is 516 g/mol. The van der Waals surface area contributed by atoms with Gasteiger partial charge in [-0.2, -0.15) is 0 Å². The fraction of sp³-hybridized carbons (Fsp3) is 0.500. The quantitative estimate of drug-likeness (QED) is 0.505. The molecule has 0 radical (unpaired) electrons. The number of benzene rings is 2. The highest BCUT2D eigenvalue weighted by Gasteiger charge is 2.28. The number of nitrogens with zero attached hydrogens (tertiary/aromatic N) is 2. The van der Waals surface area contributed by atoms with Crippen LogP contribution >= 0.6 is 0 Å². The first-order valence-electron chi connectivity index (χ1n) is 12.3. The van der Waals surface area contributed by atoms with Crippen molar-refractivity contribution in [3.8, 4) is 0 Å². The van der Waals surface area contributed by atoms with Crippen molar-refractivity contribution < 1.29 is 18.0 Å². The van der Waals surface area contributed by atoms with Gasteiger partial charge in [0.1, 0.15) is 6.04 Å². The Morgan fingerprint density at radius 3 is 2.22 bits per heavy atom. The molecule has 0 heterocycles. The molecule has 1 unspecified atom stereocenters. The number of nitrogens with one attached hydrogen (secondary N) is 1. The summed E-state index contributed by atoms with van der Waals surface area (Å²) in [6.07, 6.45) is 1.63. The van der Waals surface area contributed by atoms with Gasteiger partial charge in [-0.25, -0.2) is 8.42 Å². The van der Waals surface area contributed by atoms with Crippen molar-refractivity contribution in [1.29, 1.82) is 0 Å². The van der Waals surface area contributed by atoms with Gasteiger partial charge in [0.2, 0.25) is 21.8 Å². The number of carbonyl (C=O) groups excluding carboxylic acids is 2. The van der Waals surface area contributed by atoms with Gasteiger partial charge in [0.05, 0.1) is 11.9 Å². The molecule has 1 atom stereocenters. The molecule has 2 aromatic rings. The van der Waals surface area contributed by atoms with Gasteiger partial charge < -0.3 is 10.2 Å². The maximum atomic E-state index is 13.4. The molecule has 0 spiro atoms. The van der Waals surface area contributed by atoms with Crippen LogP contribution < -0.4 is 9.62 Å². The molecule has 2 aromatic carbocycles. The monoisotopic (exact) mass is 515 g/mol. The number of anilines is 1. The fourth-order valence-electron chi connectivity index (χ4n) is 4.03. The van der Waals surface area contributed by atoms with Gasteiger partial charge in [-0.05, 0) is 77.6 Å². The summed E-state index contributed by atoms with van der Waals surface area (Å²) >= 11 is 0. The van der Waals surface area contributed by atoms with Crippen molar-refractivity contribution in [2.45, 2.75) is 79.4 Å². The summed E-state index contributed by atoms with van der Waals surface area (Å²) in [7, 11) is -3.53. The molecule has 198 valence electrons.